The Morgan fingerprint density at radius 2 is 2.10 bits per heavy atom. The summed E-state index contributed by atoms with van der Waals surface area (Å²) in [6, 6.07) is 5.38. The summed E-state index contributed by atoms with van der Waals surface area (Å²) in [7, 11) is 3.16. The maximum atomic E-state index is 11.3. The van der Waals surface area contributed by atoms with Crippen molar-refractivity contribution in [1.82, 2.24) is 4.98 Å². The molecule has 0 spiro atoms. The van der Waals surface area contributed by atoms with Gasteiger partial charge in [-0.05, 0) is 24.6 Å². The molecule has 0 aliphatic rings. The van der Waals surface area contributed by atoms with E-state index in [9.17, 15) is 9.90 Å². The summed E-state index contributed by atoms with van der Waals surface area (Å²) < 4.78 is 10.5. The highest BCUT2D eigenvalue weighted by Crippen LogP contribution is 2.37. The van der Waals surface area contributed by atoms with Gasteiger partial charge in [0.1, 0.15) is 21.4 Å². The second-order valence-corrected chi connectivity index (χ2v) is 5.42. The number of aryl methyl sites for hydroxylation is 1. The maximum Gasteiger partial charge on any atom is 0.347 e. The number of rotatable bonds is 6. The predicted octanol–water partition coefficient (Wildman–Crippen LogP) is 3.48. The van der Waals surface area contributed by atoms with Crippen LogP contribution in [0.3, 0.4) is 0 Å². The number of hydrogen-bond acceptors (Lipinski definition) is 5. The fourth-order valence-corrected chi connectivity index (χ4v) is 2.99. The van der Waals surface area contributed by atoms with Gasteiger partial charge in [0.15, 0.2) is 0 Å². The van der Waals surface area contributed by atoms with E-state index >= 15 is 0 Å². The van der Waals surface area contributed by atoms with Crippen molar-refractivity contribution in [2.75, 3.05) is 14.2 Å². The minimum Gasteiger partial charge on any atom is -0.497 e. The number of methoxy groups -OCH3 is 2. The SMILES string of the molecule is CCCc1nc(-c2cc(OC)ccc2OC)sc1C(=O)O. The van der Waals surface area contributed by atoms with Gasteiger partial charge in [-0.3, -0.25) is 0 Å². The zero-order chi connectivity index (χ0) is 15.4. The lowest BCUT2D eigenvalue weighted by Crippen LogP contribution is -1.98. The van der Waals surface area contributed by atoms with Gasteiger partial charge >= 0.3 is 5.97 Å². The second-order valence-electron chi connectivity index (χ2n) is 4.42. The minimum atomic E-state index is -0.941. The molecular weight excluding hydrogens is 290 g/mol. The first kappa shape index (κ1) is 15.3. The molecule has 0 aliphatic carbocycles. The lowest BCUT2D eigenvalue weighted by molar-refractivity contribution is 0.0700. The average Bonchev–Trinajstić information content (AvgIpc) is 2.91. The zero-order valence-corrected chi connectivity index (χ0v) is 13.0. The Balaban J connectivity index is 2.55. The van der Waals surface area contributed by atoms with Crippen molar-refractivity contribution in [3.63, 3.8) is 0 Å². The summed E-state index contributed by atoms with van der Waals surface area (Å²) in [6.07, 6.45) is 1.49. The van der Waals surface area contributed by atoms with E-state index in [-0.39, 0.29) is 4.88 Å². The molecule has 2 rings (SSSR count). The first-order valence-corrected chi connectivity index (χ1v) is 7.37. The van der Waals surface area contributed by atoms with Gasteiger partial charge in [-0.25, -0.2) is 9.78 Å². The fourth-order valence-electron chi connectivity index (χ4n) is 2.02. The molecule has 0 radical (unpaired) electrons. The number of nitrogens with zero attached hydrogens (tertiary/aromatic N) is 1. The summed E-state index contributed by atoms with van der Waals surface area (Å²) in [5.41, 5.74) is 1.36. The molecule has 0 amide bonds. The molecule has 112 valence electrons. The molecule has 1 heterocycles. The number of aromatic carboxylic acids is 1. The largest absolute Gasteiger partial charge is 0.497 e. The molecule has 0 unspecified atom stereocenters. The Labute approximate surface area is 127 Å². The fraction of sp³-hybridized carbons (Fsp3) is 0.333. The van der Waals surface area contributed by atoms with Crippen LogP contribution >= 0.6 is 11.3 Å². The van der Waals surface area contributed by atoms with E-state index < -0.39 is 5.97 Å². The van der Waals surface area contributed by atoms with Gasteiger partial charge in [0.05, 0.1) is 25.5 Å². The molecule has 6 heteroatoms. The van der Waals surface area contributed by atoms with Gasteiger partial charge in [-0.2, -0.15) is 0 Å². The Morgan fingerprint density at radius 3 is 2.67 bits per heavy atom. The van der Waals surface area contributed by atoms with E-state index in [1.54, 1.807) is 32.4 Å². The van der Waals surface area contributed by atoms with E-state index in [0.717, 1.165) is 23.3 Å². The van der Waals surface area contributed by atoms with Crippen LogP contribution in [0.25, 0.3) is 10.6 Å². The van der Waals surface area contributed by atoms with Crippen LogP contribution < -0.4 is 9.47 Å². The molecule has 21 heavy (non-hydrogen) atoms. The third kappa shape index (κ3) is 3.16. The van der Waals surface area contributed by atoms with Crippen LogP contribution in [0.2, 0.25) is 0 Å². The van der Waals surface area contributed by atoms with Crippen molar-refractivity contribution >= 4 is 17.3 Å². The van der Waals surface area contributed by atoms with E-state index in [4.69, 9.17) is 9.47 Å². The van der Waals surface area contributed by atoms with Crippen molar-refractivity contribution < 1.29 is 19.4 Å². The van der Waals surface area contributed by atoms with Gasteiger partial charge in [0.2, 0.25) is 0 Å². The number of ether oxygens (including phenoxy) is 2. The van der Waals surface area contributed by atoms with Crippen molar-refractivity contribution in [1.29, 1.82) is 0 Å². The molecule has 5 nitrogen and oxygen atoms in total. The summed E-state index contributed by atoms with van der Waals surface area (Å²) in [5, 5.41) is 9.93. The van der Waals surface area contributed by atoms with Crippen LogP contribution in [-0.2, 0) is 6.42 Å². The minimum absolute atomic E-state index is 0.289. The van der Waals surface area contributed by atoms with Crippen LogP contribution in [0.4, 0.5) is 0 Å². The Morgan fingerprint density at radius 1 is 1.33 bits per heavy atom. The number of hydrogen-bond donors (Lipinski definition) is 1. The van der Waals surface area contributed by atoms with Crippen molar-refractivity contribution in [2.45, 2.75) is 19.8 Å². The number of aromatic nitrogens is 1. The summed E-state index contributed by atoms with van der Waals surface area (Å²) >= 11 is 1.16. The van der Waals surface area contributed by atoms with E-state index in [2.05, 4.69) is 4.98 Å². The predicted molar refractivity (Wildman–Crippen MR) is 81.6 cm³/mol. The van der Waals surface area contributed by atoms with Crippen LogP contribution in [0, 0.1) is 0 Å². The van der Waals surface area contributed by atoms with Crippen molar-refractivity contribution in [3.8, 4) is 22.1 Å². The molecule has 0 saturated carbocycles. The molecule has 0 atom stereocenters. The van der Waals surface area contributed by atoms with Gasteiger partial charge in [-0.15, -0.1) is 11.3 Å². The van der Waals surface area contributed by atoms with Crippen molar-refractivity contribution in [2.24, 2.45) is 0 Å². The van der Waals surface area contributed by atoms with E-state index in [1.165, 1.54) is 0 Å². The third-order valence-electron chi connectivity index (χ3n) is 3.02. The highest BCUT2D eigenvalue weighted by atomic mass is 32.1. The zero-order valence-electron chi connectivity index (χ0n) is 12.2. The van der Waals surface area contributed by atoms with Gasteiger partial charge < -0.3 is 14.6 Å². The molecule has 2 aromatic rings. The molecule has 1 aromatic carbocycles. The Kier molecular flexibility index (Phi) is 4.80. The number of thiazole rings is 1. The number of carboxylic acids is 1. The topological polar surface area (TPSA) is 68.7 Å². The molecule has 0 aliphatic heterocycles. The lowest BCUT2D eigenvalue weighted by Gasteiger charge is -2.08. The third-order valence-corrected chi connectivity index (χ3v) is 4.13. The highest BCUT2D eigenvalue weighted by Gasteiger charge is 2.19. The maximum absolute atomic E-state index is 11.3. The molecule has 0 fully saturated rings. The summed E-state index contributed by atoms with van der Waals surface area (Å²) in [5.74, 6) is 0.378. The summed E-state index contributed by atoms with van der Waals surface area (Å²) in [6.45, 7) is 2.00. The van der Waals surface area contributed by atoms with Crippen LogP contribution in [0.15, 0.2) is 18.2 Å². The van der Waals surface area contributed by atoms with Crippen LogP contribution in [-0.4, -0.2) is 30.3 Å². The number of carbonyl (C=O) groups is 1. The molecule has 0 saturated heterocycles. The lowest BCUT2D eigenvalue weighted by atomic mass is 10.2. The molecule has 1 aromatic heterocycles. The second kappa shape index (κ2) is 6.58. The standard InChI is InChI=1S/C15H17NO4S/c1-4-5-11-13(15(17)18)21-14(16-11)10-8-9(19-2)6-7-12(10)20-3/h6-8H,4-5H2,1-3H3,(H,17,18). The smallest absolute Gasteiger partial charge is 0.347 e. The number of carboxylic acid groups (broad SMARTS) is 1. The van der Waals surface area contributed by atoms with Gasteiger partial charge in [-0.1, -0.05) is 13.3 Å². The Bertz CT molecular complexity index is 651. The molecule has 1 N–H and O–H groups in total. The quantitative estimate of drug-likeness (QED) is 0.885. The van der Waals surface area contributed by atoms with Crippen molar-refractivity contribution in [3.05, 3.63) is 28.8 Å². The van der Waals surface area contributed by atoms with Crippen LogP contribution in [0.5, 0.6) is 11.5 Å². The monoisotopic (exact) mass is 307 g/mol. The first-order valence-electron chi connectivity index (χ1n) is 6.56. The normalized spacial score (nSPS) is 10.4. The van der Waals surface area contributed by atoms with E-state index in [0.29, 0.717) is 28.6 Å². The highest BCUT2D eigenvalue weighted by molar-refractivity contribution is 7.17. The average molecular weight is 307 g/mol. The van der Waals surface area contributed by atoms with Crippen LogP contribution in [0.1, 0.15) is 28.7 Å². The Hall–Kier alpha value is -2.08. The van der Waals surface area contributed by atoms with Gasteiger partial charge in [0, 0.05) is 0 Å². The van der Waals surface area contributed by atoms with Gasteiger partial charge in [0.25, 0.3) is 0 Å². The molecule has 0 bridgehead atoms. The molecular formula is C15H17NO4S. The van der Waals surface area contributed by atoms with E-state index in [1.807, 2.05) is 6.92 Å². The first-order chi connectivity index (χ1) is 10.1. The summed E-state index contributed by atoms with van der Waals surface area (Å²) in [4.78, 5) is 16.1. The number of benzene rings is 1.